The van der Waals surface area contributed by atoms with E-state index in [9.17, 15) is 4.79 Å². The van der Waals surface area contributed by atoms with Gasteiger partial charge in [0.05, 0.1) is 6.04 Å². The topological polar surface area (TPSA) is 38.3 Å². The van der Waals surface area contributed by atoms with Crippen LogP contribution in [0, 0.1) is 13.8 Å². The van der Waals surface area contributed by atoms with Crippen LogP contribution >= 0.6 is 0 Å². The number of carbonyl (C=O) groups excluding carboxylic acids is 1. The molecule has 1 aliphatic rings. The van der Waals surface area contributed by atoms with Crippen LogP contribution in [0.3, 0.4) is 0 Å². The fourth-order valence-corrected chi connectivity index (χ4v) is 3.21. The molecule has 1 heterocycles. The van der Waals surface area contributed by atoms with E-state index >= 15 is 0 Å². The summed E-state index contributed by atoms with van der Waals surface area (Å²) in [6.07, 6.45) is 0. The van der Waals surface area contributed by atoms with E-state index in [0.29, 0.717) is 5.56 Å². The highest BCUT2D eigenvalue weighted by molar-refractivity contribution is 5.95. The molecule has 0 fully saturated rings. The minimum Gasteiger partial charge on any atom is -0.456 e. The number of benzene rings is 3. The van der Waals surface area contributed by atoms with Gasteiger partial charge in [0, 0.05) is 16.7 Å². The number of aryl methyl sites for hydroxylation is 2. The lowest BCUT2D eigenvalue weighted by Crippen LogP contribution is -2.31. The Balaban J connectivity index is 1.75. The molecule has 1 unspecified atom stereocenters. The predicted molar refractivity (Wildman–Crippen MR) is 98.2 cm³/mol. The highest BCUT2D eigenvalue weighted by Crippen LogP contribution is 2.44. The lowest BCUT2D eigenvalue weighted by atomic mass is 9.92. The van der Waals surface area contributed by atoms with E-state index in [-0.39, 0.29) is 11.9 Å². The summed E-state index contributed by atoms with van der Waals surface area (Å²) >= 11 is 0. The predicted octanol–water partition coefficient (Wildman–Crippen LogP) is 4.93. The first kappa shape index (κ1) is 15.5. The largest absolute Gasteiger partial charge is 0.456 e. The third-order valence-electron chi connectivity index (χ3n) is 4.58. The third kappa shape index (κ3) is 2.78. The molecule has 25 heavy (non-hydrogen) atoms. The first-order valence-corrected chi connectivity index (χ1v) is 8.37. The van der Waals surface area contributed by atoms with Gasteiger partial charge in [0.25, 0.3) is 5.91 Å². The van der Waals surface area contributed by atoms with Crippen molar-refractivity contribution in [2.45, 2.75) is 19.9 Å². The number of rotatable bonds is 2. The lowest BCUT2D eigenvalue weighted by Gasteiger charge is -2.29. The van der Waals surface area contributed by atoms with Crippen LogP contribution in [0.5, 0.6) is 11.5 Å². The van der Waals surface area contributed by atoms with Gasteiger partial charge in [-0.25, -0.2) is 0 Å². The molecule has 4 rings (SSSR count). The summed E-state index contributed by atoms with van der Waals surface area (Å²) in [5, 5.41) is 3.18. The maximum atomic E-state index is 12.8. The van der Waals surface area contributed by atoms with Crippen molar-refractivity contribution in [1.29, 1.82) is 0 Å². The molecule has 0 spiro atoms. The van der Waals surface area contributed by atoms with Gasteiger partial charge in [-0.15, -0.1) is 0 Å². The fourth-order valence-electron chi connectivity index (χ4n) is 3.21. The Morgan fingerprint density at radius 2 is 1.60 bits per heavy atom. The van der Waals surface area contributed by atoms with Gasteiger partial charge < -0.3 is 10.1 Å². The van der Waals surface area contributed by atoms with E-state index < -0.39 is 0 Å². The molecule has 1 N–H and O–H groups in total. The standard InChI is InChI=1S/C22H19NO2/c1-14-10-12-16(13-11-14)22(24)23-20-17-7-3-4-9-19(17)25-21-15(2)6-5-8-18(20)21/h3-13,20H,1-2H3,(H,23,24). The maximum absolute atomic E-state index is 12.8. The molecule has 0 saturated heterocycles. The fraction of sp³-hybridized carbons (Fsp3) is 0.136. The van der Waals surface area contributed by atoms with Gasteiger partial charge in [-0.1, -0.05) is 54.1 Å². The normalized spacial score (nSPS) is 14.9. The van der Waals surface area contributed by atoms with Gasteiger partial charge in [-0.05, 0) is 37.6 Å². The van der Waals surface area contributed by atoms with Crippen molar-refractivity contribution >= 4 is 5.91 Å². The summed E-state index contributed by atoms with van der Waals surface area (Å²) in [6.45, 7) is 4.03. The lowest BCUT2D eigenvalue weighted by molar-refractivity contribution is 0.0941. The summed E-state index contributed by atoms with van der Waals surface area (Å²) in [4.78, 5) is 12.8. The minimum absolute atomic E-state index is 0.0887. The molecule has 3 aromatic carbocycles. The van der Waals surface area contributed by atoms with Crippen LogP contribution in [0.4, 0.5) is 0 Å². The molecule has 3 aromatic rings. The van der Waals surface area contributed by atoms with Crippen LogP contribution in [-0.4, -0.2) is 5.91 Å². The number of amides is 1. The van der Waals surface area contributed by atoms with Crippen molar-refractivity contribution in [3.8, 4) is 11.5 Å². The van der Waals surface area contributed by atoms with Crippen molar-refractivity contribution in [3.05, 3.63) is 94.5 Å². The first-order chi connectivity index (χ1) is 12.1. The monoisotopic (exact) mass is 329 g/mol. The highest BCUT2D eigenvalue weighted by atomic mass is 16.5. The third-order valence-corrected chi connectivity index (χ3v) is 4.58. The maximum Gasteiger partial charge on any atom is 0.252 e. The number of hydrogen-bond donors (Lipinski definition) is 1. The number of carbonyl (C=O) groups is 1. The molecule has 1 aliphatic heterocycles. The zero-order valence-electron chi connectivity index (χ0n) is 14.2. The summed E-state index contributed by atoms with van der Waals surface area (Å²) < 4.78 is 6.09. The van der Waals surface area contributed by atoms with Crippen LogP contribution < -0.4 is 10.1 Å². The minimum atomic E-state index is -0.228. The Labute approximate surface area is 147 Å². The first-order valence-electron chi connectivity index (χ1n) is 8.37. The van der Waals surface area contributed by atoms with Crippen molar-refractivity contribution in [2.24, 2.45) is 0 Å². The van der Waals surface area contributed by atoms with Crippen LogP contribution in [-0.2, 0) is 0 Å². The summed E-state index contributed by atoms with van der Waals surface area (Å²) in [6, 6.07) is 21.3. The van der Waals surface area contributed by atoms with E-state index in [1.807, 2.05) is 80.6 Å². The zero-order chi connectivity index (χ0) is 17.4. The van der Waals surface area contributed by atoms with Gasteiger partial charge >= 0.3 is 0 Å². The molecule has 0 radical (unpaired) electrons. The van der Waals surface area contributed by atoms with Gasteiger partial charge in [-0.2, -0.15) is 0 Å². The molecular formula is C22H19NO2. The van der Waals surface area contributed by atoms with Crippen LogP contribution in [0.15, 0.2) is 66.7 Å². The zero-order valence-corrected chi connectivity index (χ0v) is 14.2. The smallest absolute Gasteiger partial charge is 0.252 e. The summed E-state index contributed by atoms with van der Waals surface area (Å²) in [5.41, 5.74) is 4.81. The molecule has 0 bridgehead atoms. The molecule has 124 valence electrons. The molecule has 3 nitrogen and oxygen atoms in total. The Hall–Kier alpha value is -3.07. The quantitative estimate of drug-likeness (QED) is 0.724. The second-order valence-electron chi connectivity index (χ2n) is 6.41. The average Bonchev–Trinajstić information content (AvgIpc) is 2.63. The summed E-state index contributed by atoms with van der Waals surface area (Å²) in [5.74, 6) is 1.53. The van der Waals surface area contributed by atoms with Crippen LogP contribution in [0.25, 0.3) is 0 Å². The van der Waals surface area contributed by atoms with Crippen molar-refractivity contribution in [1.82, 2.24) is 5.32 Å². The Kier molecular flexibility index (Phi) is 3.77. The molecule has 1 atom stereocenters. The van der Waals surface area contributed by atoms with Crippen molar-refractivity contribution in [3.63, 3.8) is 0 Å². The number of nitrogens with one attached hydrogen (secondary N) is 1. The molecule has 0 aromatic heterocycles. The number of ether oxygens (including phenoxy) is 1. The van der Waals surface area contributed by atoms with E-state index in [2.05, 4.69) is 5.32 Å². The number of para-hydroxylation sites is 2. The second kappa shape index (κ2) is 6.10. The molecular weight excluding hydrogens is 310 g/mol. The summed E-state index contributed by atoms with van der Waals surface area (Å²) in [7, 11) is 0. The van der Waals surface area contributed by atoms with E-state index in [1.165, 1.54) is 0 Å². The SMILES string of the molecule is Cc1ccc(C(=O)NC2c3ccccc3Oc3c(C)cccc32)cc1. The van der Waals surface area contributed by atoms with E-state index in [1.54, 1.807) is 0 Å². The van der Waals surface area contributed by atoms with Gasteiger partial charge in [0.2, 0.25) is 0 Å². The Morgan fingerprint density at radius 1 is 0.880 bits per heavy atom. The number of fused-ring (bicyclic) bond motifs is 2. The highest BCUT2D eigenvalue weighted by Gasteiger charge is 2.29. The van der Waals surface area contributed by atoms with Gasteiger partial charge in [-0.3, -0.25) is 4.79 Å². The average molecular weight is 329 g/mol. The van der Waals surface area contributed by atoms with E-state index in [4.69, 9.17) is 4.74 Å². The van der Waals surface area contributed by atoms with Crippen LogP contribution in [0.1, 0.15) is 38.7 Å². The molecule has 1 amide bonds. The van der Waals surface area contributed by atoms with Crippen LogP contribution in [0.2, 0.25) is 0 Å². The Bertz CT molecular complexity index is 944. The Morgan fingerprint density at radius 3 is 2.40 bits per heavy atom. The van der Waals surface area contributed by atoms with E-state index in [0.717, 1.165) is 33.8 Å². The van der Waals surface area contributed by atoms with Crippen molar-refractivity contribution in [2.75, 3.05) is 0 Å². The molecule has 0 saturated carbocycles. The molecule has 0 aliphatic carbocycles. The number of hydrogen-bond acceptors (Lipinski definition) is 2. The van der Waals surface area contributed by atoms with Gasteiger partial charge in [0.1, 0.15) is 11.5 Å². The van der Waals surface area contributed by atoms with Crippen molar-refractivity contribution < 1.29 is 9.53 Å². The van der Waals surface area contributed by atoms with Gasteiger partial charge in [0.15, 0.2) is 0 Å². The second-order valence-corrected chi connectivity index (χ2v) is 6.41. The molecule has 3 heteroatoms.